The monoisotopic (exact) mass is 762 g/mol. The van der Waals surface area contributed by atoms with Gasteiger partial charge in [0.2, 0.25) is 0 Å². The number of anilines is 2. The molecule has 0 fully saturated rings. The fourth-order valence-corrected chi connectivity index (χ4v) is 9.95. The summed E-state index contributed by atoms with van der Waals surface area (Å²) in [6, 6.07) is 44.4. The number of benzene rings is 5. The van der Waals surface area contributed by atoms with Crippen molar-refractivity contribution in [3.05, 3.63) is 210 Å². The maximum absolute atomic E-state index is 5.24. The summed E-state index contributed by atoms with van der Waals surface area (Å²) in [7, 11) is 0. The number of hydrogen-bond acceptors (Lipinski definition) is 3. The van der Waals surface area contributed by atoms with Crippen LogP contribution in [0.5, 0.6) is 0 Å². The molecule has 286 valence electrons. The number of fused-ring (bicyclic) bond motifs is 6. The molecule has 0 amide bonds. The molecule has 0 N–H and O–H groups in total. The van der Waals surface area contributed by atoms with Crippen LogP contribution in [0, 0.1) is 0 Å². The first kappa shape index (κ1) is 35.4. The molecule has 4 nitrogen and oxygen atoms in total. The summed E-state index contributed by atoms with van der Waals surface area (Å²) in [5, 5.41) is 2.54. The highest BCUT2D eigenvalue weighted by molar-refractivity contribution is 6.11. The Bertz CT molecular complexity index is 2970. The average molecular weight is 763 g/mol. The largest absolute Gasteiger partial charge is 0.311 e. The molecule has 7 aromatic rings. The van der Waals surface area contributed by atoms with Crippen molar-refractivity contribution in [3.8, 4) is 28.3 Å². The average Bonchev–Trinajstić information content (AvgIpc) is 3.74. The summed E-state index contributed by atoms with van der Waals surface area (Å²) in [4.78, 5) is 12.8. The molecule has 2 atom stereocenters. The quantitative estimate of drug-likeness (QED) is 0.162. The predicted molar refractivity (Wildman–Crippen MR) is 246 cm³/mol. The first-order valence-electron chi connectivity index (χ1n) is 21.1. The van der Waals surface area contributed by atoms with E-state index in [4.69, 9.17) is 9.97 Å². The molecule has 0 spiro atoms. The van der Waals surface area contributed by atoms with Gasteiger partial charge in [0.1, 0.15) is 0 Å². The number of hydrogen-bond donors (Lipinski definition) is 0. The van der Waals surface area contributed by atoms with Crippen LogP contribution < -0.4 is 4.90 Å². The van der Waals surface area contributed by atoms with E-state index in [1.165, 1.54) is 44.2 Å². The van der Waals surface area contributed by atoms with Crippen LogP contribution in [0.3, 0.4) is 0 Å². The van der Waals surface area contributed by atoms with E-state index >= 15 is 0 Å². The standard InChI is InChI=1S/C55H46N4/c1-55(2)48-29-16-15-28-44(48)45-34-47-46-33-43(58(40-23-11-5-12-24-40)41-25-13-6-14-26-41)30-31-52(46)59(53(47)35-49(45)55)42-27-17-22-39(32-42)51-36-50(37-18-7-3-8-19-37)56-54(57-51)38-20-9-4-10-21-38/h3-5,7-13,15-18,20-27,29-37,44H,6,14,19,28H2,1-2H3. The lowest BCUT2D eigenvalue weighted by Gasteiger charge is -2.27. The normalized spacial score (nSPS) is 18.8. The summed E-state index contributed by atoms with van der Waals surface area (Å²) in [5.41, 5.74) is 15.5. The SMILES string of the molecule is CC1(C)C2=CC=CCC2c2cc3c4cc(N(C5=CCCC=C5)c5ccccc5)ccc4n(-c4cccc(-c5cc(C6C=CC=CC6)nc(-c6ccccc6)n5)c4)c3cc21. The lowest BCUT2D eigenvalue weighted by atomic mass is 9.79. The van der Waals surface area contributed by atoms with Gasteiger partial charge < -0.3 is 9.47 Å². The van der Waals surface area contributed by atoms with E-state index in [0.29, 0.717) is 5.92 Å². The van der Waals surface area contributed by atoms with Gasteiger partial charge >= 0.3 is 0 Å². The first-order valence-corrected chi connectivity index (χ1v) is 21.1. The molecule has 0 saturated carbocycles. The van der Waals surface area contributed by atoms with E-state index in [1.807, 2.05) is 6.07 Å². The van der Waals surface area contributed by atoms with Gasteiger partial charge in [0.15, 0.2) is 5.82 Å². The Labute approximate surface area is 346 Å². The zero-order valence-electron chi connectivity index (χ0n) is 33.6. The van der Waals surface area contributed by atoms with Crippen LogP contribution in [-0.2, 0) is 5.41 Å². The van der Waals surface area contributed by atoms with Gasteiger partial charge in [-0.3, -0.25) is 0 Å². The predicted octanol–water partition coefficient (Wildman–Crippen LogP) is 14.1. The summed E-state index contributed by atoms with van der Waals surface area (Å²) in [5.74, 6) is 1.36. The Kier molecular flexibility index (Phi) is 8.55. The fourth-order valence-electron chi connectivity index (χ4n) is 9.95. The highest BCUT2D eigenvalue weighted by Gasteiger charge is 2.42. The summed E-state index contributed by atoms with van der Waals surface area (Å²) >= 11 is 0. The van der Waals surface area contributed by atoms with Gasteiger partial charge in [-0.2, -0.15) is 0 Å². The molecule has 4 aliphatic rings. The number of para-hydroxylation sites is 1. The zero-order chi connectivity index (χ0) is 39.5. The second kappa shape index (κ2) is 14.2. The van der Waals surface area contributed by atoms with Gasteiger partial charge in [-0.25, -0.2) is 9.97 Å². The van der Waals surface area contributed by atoms with Crippen LogP contribution in [0.25, 0.3) is 50.1 Å². The molecule has 2 unspecified atom stereocenters. The molecule has 4 aliphatic carbocycles. The fraction of sp³-hybridized carbons (Fsp3) is 0.164. The minimum Gasteiger partial charge on any atom is -0.311 e. The third kappa shape index (κ3) is 6.05. The number of allylic oxidation sites excluding steroid dienone is 11. The van der Waals surface area contributed by atoms with Gasteiger partial charge in [0, 0.05) is 61.9 Å². The third-order valence-corrected chi connectivity index (χ3v) is 12.9. The Morgan fingerprint density at radius 2 is 1.47 bits per heavy atom. The van der Waals surface area contributed by atoms with E-state index in [-0.39, 0.29) is 11.3 Å². The lowest BCUT2D eigenvalue weighted by molar-refractivity contribution is 0.612. The summed E-state index contributed by atoms with van der Waals surface area (Å²) < 4.78 is 2.49. The molecule has 4 heteroatoms. The van der Waals surface area contributed by atoms with Gasteiger partial charge in [-0.15, -0.1) is 0 Å². The highest BCUT2D eigenvalue weighted by Crippen LogP contribution is 2.54. The second-order valence-electron chi connectivity index (χ2n) is 16.8. The van der Waals surface area contributed by atoms with Crippen LogP contribution in [0.4, 0.5) is 11.4 Å². The van der Waals surface area contributed by atoms with Crippen LogP contribution in [0.1, 0.15) is 68.2 Å². The number of nitrogens with zero attached hydrogens (tertiary/aromatic N) is 4. The highest BCUT2D eigenvalue weighted by atomic mass is 15.1. The van der Waals surface area contributed by atoms with E-state index in [9.17, 15) is 0 Å². The number of aromatic nitrogens is 3. The molecule has 0 aliphatic heterocycles. The third-order valence-electron chi connectivity index (χ3n) is 12.9. The Morgan fingerprint density at radius 1 is 0.661 bits per heavy atom. The molecule has 0 radical (unpaired) electrons. The van der Waals surface area contributed by atoms with Crippen LogP contribution in [-0.4, -0.2) is 14.5 Å². The maximum Gasteiger partial charge on any atom is 0.160 e. The van der Waals surface area contributed by atoms with Crippen molar-refractivity contribution in [3.63, 3.8) is 0 Å². The van der Waals surface area contributed by atoms with Crippen molar-refractivity contribution in [1.82, 2.24) is 14.5 Å². The molecule has 11 rings (SSSR count). The maximum atomic E-state index is 5.24. The molecule has 59 heavy (non-hydrogen) atoms. The van der Waals surface area contributed by atoms with Crippen molar-refractivity contribution in [2.45, 2.75) is 56.8 Å². The Morgan fingerprint density at radius 3 is 2.29 bits per heavy atom. The van der Waals surface area contributed by atoms with Crippen molar-refractivity contribution in [2.24, 2.45) is 0 Å². The van der Waals surface area contributed by atoms with E-state index in [2.05, 4.69) is 199 Å². The lowest BCUT2D eigenvalue weighted by Crippen LogP contribution is -2.17. The minimum atomic E-state index is -0.0644. The smallest absolute Gasteiger partial charge is 0.160 e. The van der Waals surface area contributed by atoms with E-state index < -0.39 is 0 Å². The van der Waals surface area contributed by atoms with Gasteiger partial charge in [0.05, 0.1) is 22.4 Å². The molecule has 0 bridgehead atoms. The molecule has 2 heterocycles. The number of rotatable bonds is 7. The van der Waals surface area contributed by atoms with Crippen molar-refractivity contribution >= 4 is 33.2 Å². The van der Waals surface area contributed by atoms with Crippen LogP contribution >= 0.6 is 0 Å². The minimum absolute atomic E-state index is 0.0644. The summed E-state index contributed by atoms with van der Waals surface area (Å²) in [6.07, 6.45) is 26.7. The Balaban J connectivity index is 1.13. The Hall–Kier alpha value is -6.78. The zero-order valence-corrected chi connectivity index (χ0v) is 33.6. The molecule has 2 aromatic heterocycles. The van der Waals surface area contributed by atoms with Crippen LogP contribution in [0.15, 0.2) is 193 Å². The van der Waals surface area contributed by atoms with E-state index in [1.54, 1.807) is 0 Å². The van der Waals surface area contributed by atoms with Crippen molar-refractivity contribution in [2.75, 3.05) is 4.90 Å². The van der Waals surface area contributed by atoms with Crippen LogP contribution in [0.2, 0.25) is 0 Å². The van der Waals surface area contributed by atoms with E-state index in [0.717, 1.165) is 71.1 Å². The second-order valence-corrected chi connectivity index (χ2v) is 16.8. The van der Waals surface area contributed by atoms with Gasteiger partial charge in [0.25, 0.3) is 0 Å². The molecule has 0 saturated heterocycles. The molecular weight excluding hydrogens is 717 g/mol. The topological polar surface area (TPSA) is 34.0 Å². The van der Waals surface area contributed by atoms with Gasteiger partial charge in [-0.05, 0) is 104 Å². The van der Waals surface area contributed by atoms with Gasteiger partial charge in [-0.1, -0.05) is 135 Å². The van der Waals surface area contributed by atoms with Crippen molar-refractivity contribution < 1.29 is 0 Å². The van der Waals surface area contributed by atoms with Crippen molar-refractivity contribution in [1.29, 1.82) is 0 Å². The molecular formula is C55H46N4. The first-order chi connectivity index (χ1) is 29.0. The summed E-state index contributed by atoms with van der Waals surface area (Å²) in [6.45, 7) is 4.82. The molecule has 5 aromatic carbocycles.